The van der Waals surface area contributed by atoms with E-state index in [2.05, 4.69) is 24.7 Å². The molecule has 1 fully saturated rings. The second-order valence-corrected chi connectivity index (χ2v) is 10.4. The van der Waals surface area contributed by atoms with Crippen LogP contribution in [0.2, 0.25) is 0 Å². The number of anilines is 1. The zero-order valence-corrected chi connectivity index (χ0v) is 22.2. The lowest BCUT2D eigenvalue weighted by atomic mass is 10.2. The van der Waals surface area contributed by atoms with Gasteiger partial charge in [-0.25, -0.2) is 9.97 Å². The second kappa shape index (κ2) is 11.6. The molecule has 0 bridgehead atoms. The van der Waals surface area contributed by atoms with Crippen molar-refractivity contribution in [3.63, 3.8) is 0 Å². The topological polar surface area (TPSA) is 135 Å². The molecule has 1 aliphatic rings. The van der Waals surface area contributed by atoms with Crippen molar-refractivity contribution in [2.45, 2.75) is 30.9 Å². The minimum absolute atomic E-state index is 0.0350. The van der Waals surface area contributed by atoms with E-state index in [1.165, 1.54) is 19.4 Å². The molecule has 5 rings (SSSR count). The molecule has 0 saturated carbocycles. The van der Waals surface area contributed by atoms with Crippen molar-refractivity contribution in [2.24, 2.45) is 0 Å². The molecule has 1 unspecified atom stereocenters. The average molecular weight is 550 g/mol. The van der Waals surface area contributed by atoms with E-state index in [9.17, 15) is 8.42 Å². The molecule has 0 amide bonds. The van der Waals surface area contributed by atoms with Crippen molar-refractivity contribution < 1.29 is 27.4 Å². The summed E-state index contributed by atoms with van der Waals surface area (Å²) in [6.45, 7) is 2.67. The van der Waals surface area contributed by atoms with Crippen LogP contribution in [0.25, 0.3) is 11.4 Å². The van der Waals surface area contributed by atoms with Gasteiger partial charge in [0.1, 0.15) is 6.61 Å². The number of aromatic nitrogens is 4. The lowest BCUT2D eigenvalue weighted by Gasteiger charge is -2.19. The molecule has 202 valence electrons. The van der Waals surface area contributed by atoms with Crippen molar-refractivity contribution in [2.75, 3.05) is 25.0 Å². The Balaban J connectivity index is 1.63. The zero-order chi connectivity index (χ0) is 27.2. The Kier molecular flexibility index (Phi) is 7.84. The Morgan fingerprint density at radius 1 is 1.05 bits per heavy atom. The SMILES string of the molecule is COc1ccccc1Oc1c(NS(=O)(=O)c2ccc(C)cn2)nc(-c2ccncc2)nc1OCC1CCCO1. The highest BCUT2D eigenvalue weighted by Crippen LogP contribution is 2.41. The first kappa shape index (κ1) is 26.3. The molecule has 1 atom stereocenters. The van der Waals surface area contributed by atoms with Crippen LogP contribution in [0, 0.1) is 6.92 Å². The Morgan fingerprint density at radius 2 is 1.85 bits per heavy atom. The molecule has 0 aliphatic carbocycles. The Hall–Kier alpha value is -4.29. The third kappa shape index (κ3) is 6.24. The van der Waals surface area contributed by atoms with E-state index in [4.69, 9.17) is 18.9 Å². The maximum atomic E-state index is 13.4. The number of methoxy groups -OCH3 is 1. The van der Waals surface area contributed by atoms with E-state index in [1.807, 2.05) is 6.92 Å². The zero-order valence-electron chi connectivity index (χ0n) is 21.4. The van der Waals surface area contributed by atoms with Crippen LogP contribution in [-0.4, -0.2) is 54.8 Å². The fourth-order valence-electron chi connectivity index (χ4n) is 3.87. The van der Waals surface area contributed by atoms with Crippen LogP contribution in [0.3, 0.4) is 0 Å². The van der Waals surface area contributed by atoms with Crippen LogP contribution < -0.4 is 18.9 Å². The van der Waals surface area contributed by atoms with E-state index in [-0.39, 0.29) is 41.0 Å². The van der Waals surface area contributed by atoms with E-state index in [0.717, 1.165) is 18.4 Å². The van der Waals surface area contributed by atoms with Gasteiger partial charge in [0.25, 0.3) is 15.9 Å². The first-order valence-corrected chi connectivity index (χ1v) is 13.7. The number of hydrogen-bond donors (Lipinski definition) is 1. The lowest BCUT2D eigenvalue weighted by molar-refractivity contribution is 0.0654. The summed E-state index contributed by atoms with van der Waals surface area (Å²) in [5, 5.41) is -0.178. The molecule has 3 aromatic heterocycles. The Bertz CT molecular complexity index is 1530. The molecule has 4 aromatic rings. The molecule has 39 heavy (non-hydrogen) atoms. The maximum absolute atomic E-state index is 13.4. The number of pyridine rings is 2. The van der Waals surface area contributed by atoms with Crippen LogP contribution in [0.15, 0.2) is 72.1 Å². The molecular formula is C27H27N5O6S. The summed E-state index contributed by atoms with van der Waals surface area (Å²) >= 11 is 0. The molecule has 12 heteroatoms. The van der Waals surface area contributed by atoms with Crippen LogP contribution in [-0.2, 0) is 14.8 Å². The number of nitrogens with zero attached hydrogens (tertiary/aromatic N) is 4. The Morgan fingerprint density at radius 3 is 2.54 bits per heavy atom. The molecule has 1 aliphatic heterocycles. The van der Waals surface area contributed by atoms with Crippen molar-refractivity contribution in [3.8, 4) is 34.5 Å². The third-order valence-electron chi connectivity index (χ3n) is 5.87. The number of para-hydroxylation sites is 2. The molecule has 11 nitrogen and oxygen atoms in total. The van der Waals surface area contributed by atoms with Gasteiger partial charge in [0.15, 0.2) is 28.2 Å². The summed E-state index contributed by atoms with van der Waals surface area (Å²) in [6, 6.07) is 13.4. The first-order chi connectivity index (χ1) is 18.9. The fraction of sp³-hybridized carbons (Fsp3) is 0.259. The third-order valence-corrected chi connectivity index (χ3v) is 7.13. The molecular weight excluding hydrogens is 522 g/mol. The number of aryl methyl sites for hydroxylation is 1. The highest BCUT2D eigenvalue weighted by atomic mass is 32.2. The summed E-state index contributed by atoms with van der Waals surface area (Å²) in [7, 11) is -2.66. The number of nitrogens with one attached hydrogen (secondary N) is 1. The fourth-order valence-corrected chi connectivity index (χ4v) is 4.81. The maximum Gasteiger partial charge on any atom is 0.280 e. The normalized spacial score (nSPS) is 15.1. The monoisotopic (exact) mass is 549 g/mol. The first-order valence-electron chi connectivity index (χ1n) is 12.3. The van der Waals surface area contributed by atoms with Gasteiger partial charge in [-0.1, -0.05) is 18.2 Å². The van der Waals surface area contributed by atoms with Gasteiger partial charge in [0.2, 0.25) is 5.75 Å². The largest absolute Gasteiger partial charge is 0.493 e. The molecule has 1 N–H and O–H groups in total. The number of sulfonamides is 1. The smallest absolute Gasteiger partial charge is 0.280 e. The number of benzene rings is 1. The lowest BCUT2D eigenvalue weighted by Crippen LogP contribution is -2.19. The predicted molar refractivity (Wildman–Crippen MR) is 143 cm³/mol. The molecule has 1 aromatic carbocycles. The van der Waals surface area contributed by atoms with Crippen molar-refractivity contribution in [1.29, 1.82) is 0 Å². The van der Waals surface area contributed by atoms with Crippen LogP contribution in [0.1, 0.15) is 18.4 Å². The molecule has 0 spiro atoms. The minimum Gasteiger partial charge on any atom is -0.493 e. The quantitative estimate of drug-likeness (QED) is 0.303. The van der Waals surface area contributed by atoms with Gasteiger partial charge in [-0.2, -0.15) is 13.4 Å². The number of hydrogen-bond acceptors (Lipinski definition) is 10. The highest BCUT2D eigenvalue weighted by Gasteiger charge is 2.27. The predicted octanol–water partition coefficient (Wildman–Crippen LogP) is 4.40. The summed E-state index contributed by atoms with van der Waals surface area (Å²) in [5.41, 5.74) is 1.42. The Labute approximate surface area is 226 Å². The average Bonchev–Trinajstić information content (AvgIpc) is 3.48. The van der Waals surface area contributed by atoms with Gasteiger partial charge in [-0.3, -0.25) is 9.71 Å². The van der Waals surface area contributed by atoms with Gasteiger partial charge in [0, 0.05) is 30.8 Å². The standard InChI is InChI=1S/C27H27N5O6S/c1-18-9-10-23(29-16-18)39(33,34)32-26-24(38-22-8-4-3-7-21(22)35-2)27(37-17-20-6-5-15-36-20)31-25(30-26)19-11-13-28-14-12-19/h3-4,7-14,16,20H,5-6,15,17H2,1-2H3,(H,30,31,32). The van der Waals surface area contributed by atoms with Crippen molar-refractivity contribution in [1.82, 2.24) is 19.9 Å². The van der Waals surface area contributed by atoms with Gasteiger partial charge < -0.3 is 18.9 Å². The van der Waals surface area contributed by atoms with Gasteiger partial charge >= 0.3 is 0 Å². The summed E-state index contributed by atoms with van der Waals surface area (Å²) in [6.07, 6.45) is 6.29. The molecule has 0 radical (unpaired) electrons. The highest BCUT2D eigenvalue weighted by molar-refractivity contribution is 7.92. The van der Waals surface area contributed by atoms with Crippen LogP contribution in [0.4, 0.5) is 5.82 Å². The van der Waals surface area contributed by atoms with E-state index in [1.54, 1.807) is 54.9 Å². The molecule has 4 heterocycles. The minimum atomic E-state index is -4.16. The number of ether oxygens (including phenoxy) is 4. The summed E-state index contributed by atoms with van der Waals surface area (Å²) in [5.74, 6) is 0.818. The summed E-state index contributed by atoms with van der Waals surface area (Å²) < 4.78 is 52.7. The van der Waals surface area contributed by atoms with Gasteiger partial charge in [-0.15, -0.1) is 0 Å². The second-order valence-electron chi connectivity index (χ2n) is 8.74. The van der Waals surface area contributed by atoms with Crippen molar-refractivity contribution in [3.05, 3.63) is 72.7 Å². The van der Waals surface area contributed by atoms with Gasteiger partial charge in [-0.05, 0) is 55.7 Å². The van der Waals surface area contributed by atoms with Crippen molar-refractivity contribution >= 4 is 15.8 Å². The van der Waals surface area contributed by atoms with Gasteiger partial charge in [0.05, 0.1) is 13.2 Å². The van der Waals surface area contributed by atoms with Crippen LogP contribution in [0.5, 0.6) is 23.1 Å². The number of rotatable bonds is 10. The van der Waals surface area contributed by atoms with E-state index >= 15 is 0 Å². The summed E-state index contributed by atoms with van der Waals surface area (Å²) in [4.78, 5) is 17.2. The molecule has 1 saturated heterocycles. The van der Waals surface area contributed by atoms with Crippen LogP contribution >= 0.6 is 0 Å². The van der Waals surface area contributed by atoms with E-state index in [0.29, 0.717) is 23.7 Å². The van der Waals surface area contributed by atoms with E-state index < -0.39 is 10.0 Å².